The summed E-state index contributed by atoms with van der Waals surface area (Å²) in [7, 11) is -4.12. The Morgan fingerprint density at radius 2 is 1.89 bits per heavy atom. The van der Waals surface area contributed by atoms with Gasteiger partial charge in [0.25, 0.3) is 0 Å². The molecule has 1 fully saturated rings. The van der Waals surface area contributed by atoms with Crippen molar-refractivity contribution in [2.75, 3.05) is 19.8 Å². The Bertz CT molecular complexity index is 954. The first-order valence-corrected chi connectivity index (χ1v) is 10.3. The normalized spacial score (nSPS) is 17.2. The molecule has 1 N–H and O–H groups in total. The second-order valence-electron chi connectivity index (χ2n) is 6.92. The molecule has 0 aliphatic carbocycles. The molecule has 6 nitrogen and oxygen atoms in total. The zero-order valence-electron chi connectivity index (χ0n) is 15.6. The fourth-order valence-corrected chi connectivity index (χ4v) is 5.25. The van der Waals surface area contributed by atoms with E-state index < -0.39 is 27.8 Å². The maximum Gasteiger partial charge on any atom is 0.333 e. The van der Waals surface area contributed by atoms with Gasteiger partial charge in [-0.05, 0) is 38.3 Å². The van der Waals surface area contributed by atoms with Gasteiger partial charge in [-0.2, -0.15) is 13.9 Å². The SMILES string of the molecule is Cc1nn(C(F)F)c(C)c1S(=O)(=O)NCC1(c2ccccc2F)CCOCC1. The molecule has 1 aromatic carbocycles. The number of nitrogens with one attached hydrogen (secondary N) is 1. The van der Waals surface area contributed by atoms with E-state index in [2.05, 4.69) is 9.82 Å². The lowest BCUT2D eigenvalue weighted by Crippen LogP contribution is -2.45. The molecule has 0 atom stereocenters. The number of rotatable bonds is 6. The van der Waals surface area contributed by atoms with Crippen molar-refractivity contribution in [3.63, 3.8) is 0 Å². The standard InChI is InChI=1S/C18H22F3N3O3S/c1-12-16(13(2)24(23-12)17(20)21)28(25,26)22-11-18(7-9-27-10-8-18)14-5-3-4-6-15(14)19/h3-6,17,22H,7-11H2,1-2H3. The predicted molar refractivity (Wildman–Crippen MR) is 96.3 cm³/mol. The van der Waals surface area contributed by atoms with Crippen molar-refractivity contribution in [1.82, 2.24) is 14.5 Å². The zero-order chi connectivity index (χ0) is 20.5. The van der Waals surface area contributed by atoms with E-state index in [4.69, 9.17) is 4.74 Å². The predicted octanol–water partition coefficient (Wildman–Crippen LogP) is 3.06. The molecule has 1 aliphatic rings. The van der Waals surface area contributed by atoms with Crippen LogP contribution in [0.3, 0.4) is 0 Å². The highest BCUT2D eigenvalue weighted by atomic mass is 32.2. The average molecular weight is 417 g/mol. The molecule has 28 heavy (non-hydrogen) atoms. The van der Waals surface area contributed by atoms with Crippen LogP contribution in [0, 0.1) is 19.7 Å². The van der Waals surface area contributed by atoms with Gasteiger partial charge >= 0.3 is 6.55 Å². The van der Waals surface area contributed by atoms with E-state index in [1.165, 1.54) is 19.9 Å². The van der Waals surface area contributed by atoms with Crippen molar-refractivity contribution in [2.24, 2.45) is 0 Å². The quantitative estimate of drug-likeness (QED) is 0.784. The van der Waals surface area contributed by atoms with Crippen LogP contribution >= 0.6 is 0 Å². The van der Waals surface area contributed by atoms with Crippen molar-refractivity contribution in [3.8, 4) is 0 Å². The molecule has 0 bridgehead atoms. The van der Waals surface area contributed by atoms with Gasteiger partial charge in [0.2, 0.25) is 10.0 Å². The second kappa shape index (κ2) is 7.84. The molecule has 1 aromatic heterocycles. The molecule has 1 aliphatic heterocycles. The van der Waals surface area contributed by atoms with Crippen LogP contribution in [-0.2, 0) is 20.2 Å². The second-order valence-corrected chi connectivity index (χ2v) is 8.62. The Morgan fingerprint density at radius 1 is 1.25 bits per heavy atom. The largest absolute Gasteiger partial charge is 0.381 e. The number of benzene rings is 1. The number of aryl methyl sites for hydroxylation is 1. The number of alkyl halides is 2. The highest BCUT2D eigenvalue weighted by molar-refractivity contribution is 7.89. The lowest BCUT2D eigenvalue weighted by Gasteiger charge is -2.38. The first-order valence-electron chi connectivity index (χ1n) is 8.84. The smallest absolute Gasteiger partial charge is 0.333 e. The van der Waals surface area contributed by atoms with E-state index in [0.29, 0.717) is 36.3 Å². The number of aromatic nitrogens is 2. The molecular formula is C18H22F3N3O3S. The van der Waals surface area contributed by atoms with Crippen molar-refractivity contribution < 1.29 is 26.3 Å². The van der Waals surface area contributed by atoms with Crippen molar-refractivity contribution >= 4 is 10.0 Å². The average Bonchev–Trinajstić information content (AvgIpc) is 2.96. The number of sulfonamides is 1. The van der Waals surface area contributed by atoms with Crippen LogP contribution in [0.5, 0.6) is 0 Å². The fraction of sp³-hybridized carbons (Fsp3) is 0.500. The third-order valence-corrected chi connectivity index (χ3v) is 6.86. The van der Waals surface area contributed by atoms with Gasteiger partial charge in [0.1, 0.15) is 10.7 Å². The van der Waals surface area contributed by atoms with Gasteiger partial charge in [-0.1, -0.05) is 18.2 Å². The molecule has 10 heteroatoms. The van der Waals surface area contributed by atoms with Gasteiger partial charge in [0, 0.05) is 25.2 Å². The molecule has 3 rings (SSSR count). The maximum absolute atomic E-state index is 14.5. The lowest BCUT2D eigenvalue weighted by atomic mass is 9.74. The first-order chi connectivity index (χ1) is 13.2. The fourth-order valence-electron chi connectivity index (χ4n) is 3.73. The van der Waals surface area contributed by atoms with Crippen molar-refractivity contribution in [3.05, 3.63) is 47.0 Å². The van der Waals surface area contributed by atoms with E-state index >= 15 is 0 Å². The number of halogens is 3. The molecule has 1 saturated heterocycles. The van der Waals surface area contributed by atoms with E-state index in [0.717, 1.165) is 0 Å². The van der Waals surface area contributed by atoms with Crippen LogP contribution in [-0.4, -0.2) is 38.0 Å². The molecule has 0 amide bonds. The van der Waals surface area contributed by atoms with Gasteiger partial charge in [0.15, 0.2) is 0 Å². The Kier molecular flexibility index (Phi) is 5.83. The third kappa shape index (κ3) is 3.81. The number of nitrogens with zero attached hydrogens (tertiary/aromatic N) is 2. The Balaban J connectivity index is 1.93. The highest BCUT2D eigenvalue weighted by Crippen LogP contribution is 2.36. The molecule has 0 unspecified atom stereocenters. The molecule has 0 saturated carbocycles. The van der Waals surface area contributed by atoms with E-state index in [9.17, 15) is 21.6 Å². The molecule has 0 radical (unpaired) electrons. The van der Waals surface area contributed by atoms with Crippen molar-refractivity contribution in [2.45, 2.75) is 43.5 Å². The molecule has 154 valence electrons. The van der Waals surface area contributed by atoms with E-state index in [1.54, 1.807) is 18.2 Å². The summed E-state index contributed by atoms with van der Waals surface area (Å²) in [5.41, 5.74) is -0.529. The minimum absolute atomic E-state index is 0.0165. The zero-order valence-corrected chi connectivity index (χ0v) is 16.4. The Labute approximate surface area is 161 Å². The summed E-state index contributed by atoms with van der Waals surface area (Å²) >= 11 is 0. The lowest BCUT2D eigenvalue weighted by molar-refractivity contribution is 0.0504. The first kappa shape index (κ1) is 20.8. The van der Waals surface area contributed by atoms with Crippen LogP contribution < -0.4 is 4.72 Å². The summed E-state index contributed by atoms with van der Waals surface area (Å²) in [6.45, 7) is 0.374. The monoisotopic (exact) mass is 417 g/mol. The molecule has 2 heterocycles. The third-order valence-electron chi connectivity index (χ3n) is 5.21. The van der Waals surface area contributed by atoms with Gasteiger partial charge in [-0.15, -0.1) is 0 Å². The summed E-state index contributed by atoms with van der Waals surface area (Å²) in [5.74, 6) is -0.415. The minimum atomic E-state index is -4.12. The highest BCUT2D eigenvalue weighted by Gasteiger charge is 2.38. The summed E-state index contributed by atoms with van der Waals surface area (Å²) < 4.78 is 74.6. The van der Waals surface area contributed by atoms with E-state index in [-0.39, 0.29) is 22.8 Å². The summed E-state index contributed by atoms with van der Waals surface area (Å²) in [6, 6.07) is 6.24. The van der Waals surface area contributed by atoms with Gasteiger partial charge < -0.3 is 4.74 Å². The van der Waals surface area contributed by atoms with Gasteiger partial charge in [0.05, 0.1) is 11.4 Å². The Hall–Kier alpha value is -1.91. The van der Waals surface area contributed by atoms with E-state index in [1.807, 2.05) is 0 Å². The molecule has 2 aromatic rings. The minimum Gasteiger partial charge on any atom is -0.381 e. The summed E-state index contributed by atoms with van der Waals surface area (Å²) in [6.07, 6.45) is 0.870. The van der Waals surface area contributed by atoms with Gasteiger partial charge in [-0.25, -0.2) is 22.2 Å². The summed E-state index contributed by atoms with van der Waals surface area (Å²) in [5, 5.41) is 3.63. The number of hydrogen-bond donors (Lipinski definition) is 1. The molecular weight excluding hydrogens is 395 g/mol. The van der Waals surface area contributed by atoms with Crippen LogP contribution in [0.4, 0.5) is 13.2 Å². The molecule has 0 spiro atoms. The van der Waals surface area contributed by atoms with Crippen LogP contribution in [0.15, 0.2) is 29.2 Å². The van der Waals surface area contributed by atoms with Crippen LogP contribution in [0.1, 0.15) is 36.3 Å². The maximum atomic E-state index is 14.5. The van der Waals surface area contributed by atoms with Crippen molar-refractivity contribution in [1.29, 1.82) is 0 Å². The Morgan fingerprint density at radius 3 is 2.46 bits per heavy atom. The van der Waals surface area contributed by atoms with Gasteiger partial charge in [-0.3, -0.25) is 0 Å². The van der Waals surface area contributed by atoms with Crippen LogP contribution in [0.25, 0.3) is 0 Å². The van der Waals surface area contributed by atoms with Crippen LogP contribution in [0.2, 0.25) is 0 Å². The topological polar surface area (TPSA) is 73.2 Å². The number of hydrogen-bond acceptors (Lipinski definition) is 4. The number of ether oxygens (including phenoxy) is 1. The summed E-state index contributed by atoms with van der Waals surface area (Å²) in [4.78, 5) is -0.274.